The maximum absolute atomic E-state index is 13.9. The lowest BCUT2D eigenvalue weighted by molar-refractivity contribution is 0.0464. The molecule has 0 unspecified atom stereocenters. The van der Waals surface area contributed by atoms with E-state index in [9.17, 15) is 14.3 Å². The van der Waals surface area contributed by atoms with Crippen molar-refractivity contribution in [1.82, 2.24) is 0 Å². The highest BCUT2D eigenvalue weighted by Crippen LogP contribution is 2.31. The standard InChI is InChI=1S/C14H18FNO2/c1-9(17)12-4-3-5-13(15)14(12)16(2)8-10-6-11(18)7-10/h3-5,10-11,18H,6-8H2,1-2H3. The largest absolute Gasteiger partial charge is 0.393 e. The first-order valence-corrected chi connectivity index (χ1v) is 6.17. The molecule has 1 aromatic carbocycles. The Morgan fingerprint density at radius 2 is 2.17 bits per heavy atom. The SMILES string of the molecule is CC(=O)c1cccc(F)c1N(C)CC1CC(O)C1. The number of anilines is 1. The highest BCUT2D eigenvalue weighted by molar-refractivity contribution is 5.99. The summed E-state index contributed by atoms with van der Waals surface area (Å²) >= 11 is 0. The van der Waals surface area contributed by atoms with Gasteiger partial charge < -0.3 is 10.0 Å². The number of hydrogen-bond acceptors (Lipinski definition) is 3. The maximum Gasteiger partial charge on any atom is 0.161 e. The average molecular weight is 251 g/mol. The van der Waals surface area contributed by atoms with E-state index in [-0.39, 0.29) is 17.7 Å². The zero-order valence-corrected chi connectivity index (χ0v) is 10.7. The Kier molecular flexibility index (Phi) is 3.66. The number of aliphatic hydroxyl groups excluding tert-OH is 1. The highest BCUT2D eigenvalue weighted by atomic mass is 19.1. The number of nitrogens with zero attached hydrogens (tertiary/aromatic N) is 1. The van der Waals surface area contributed by atoms with Crippen LogP contribution in [0.25, 0.3) is 0 Å². The number of halogens is 1. The van der Waals surface area contributed by atoms with Crippen LogP contribution in [0.2, 0.25) is 0 Å². The fraction of sp³-hybridized carbons (Fsp3) is 0.500. The molecule has 0 bridgehead atoms. The first kappa shape index (κ1) is 13.0. The van der Waals surface area contributed by atoms with Crippen LogP contribution in [0.1, 0.15) is 30.1 Å². The van der Waals surface area contributed by atoms with Crippen LogP contribution >= 0.6 is 0 Å². The summed E-state index contributed by atoms with van der Waals surface area (Å²) in [6.45, 7) is 2.11. The Bertz CT molecular complexity index is 455. The normalized spacial score (nSPS) is 22.4. The quantitative estimate of drug-likeness (QED) is 0.834. The van der Waals surface area contributed by atoms with Gasteiger partial charge in [0.2, 0.25) is 0 Å². The van der Waals surface area contributed by atoms with Crippen molar-refractivity contribution in [2.24, 2.45) is 5.92 Å². The van der Waals surface area contributed by atoms with E-state index in [0.717, 1.165) is 12.8 Å². The summed E-state index contributed by atoms with van der Waals surface area (Å²) < 4.78 is 13.9. The molecule has 1 fully saturated rings. The zero-order chi connectivity index (χ0) is 13.3. The van der Waals surface area contributed by atoms with Gasteiger partial charge in [-0.1, -0.05) is 6.07 Å². The van der Waals surface area contributed by atoms with E-state index in [1.54, 1.807) is 24.1 Å². The van der Waals surface area contributed by atoms with Crippen molar-refractivity contribution in [3.8, 4) is 0 Å². The van der Waals surface area contributed by atoms with E-state index in [0.29, 0.717) is 23.7 Å². The number of para-hydroxylation sites is 1. The Morgan fingerprint density at radius 1 is 1.50 bits per heavy atom. The van der Waals surface area contributed by atoms with Crippen LogP contribution in [0.15, 0.2) is 18.2 Å². The first-order valence-electron chi connectivity index (χ1n) is 6.17. The van der Waals surface area contributed by atoms with Gasteiger partial charge in [0, 0.05) is 19.2 Å². The van der Waals surface area contributed by atoms with Gasteiger partial charge in [-0.2, -0.15) is 0 Å². The molecule has 1 saturated carbocycles. The third-order valence-electron chi connectivity index (χ3n) is 3.49. The number of aliphatic hydroxyl groups is 1. The summed E-state index contributed by atoms with van der Waals surface area (Å²) in [7, 11) is 1.79. The van der Waals surface area contributed by atoms with Crippen molar-refractivity contribution in [3.05, 3.63) is 29.6 Å². The summed E-state index contributed by atoms with van der Waals surface area (Å²) in [6.07, 6.45) is 1.30. The third kappa shape index (κ3) is 2.53. The van der Waals surface area contributed by atoms with Gasteiger partial charge in [-0.25, -0.2) is 4.39 Å². The molecule has 0 saturated heterocycles. The van der Waals surface area contributed by atoms with Crippen LogP contribution in [0.3, 0.4) is 0 Å². The fourth-order valence-corrected chi connectivity index (χ4v) is 2.52. The van der Waals surface area contributed by atoms with Crippen LogP contribution < -0.4 is 4.90 Å². The number of benzene rings is 1. The number of carbonyl (C=O) groups is 1. The molecule has 0 atom stereocenters. The maximum atomic E-state index is 13.9. The number of carbonyl (C=O) groups excluding carboxylic acids is 1. The van der Waals surface area contributed by atoms with E-state index in [4.69, 9.17) is 0 Å². The molecule has 0 amide bonds. The Balaban J connectivity index is 2.18. The lowest BCUT2D eigenvalue weighted by atomic mass is 9.82. The second-order valence-corrected chi connectivity index (χ2v) is 5.06. The van der Waals surface area contributed by atoms with Crippen molar-refractivity contribution in [2.45, 2.75) is 25.9 Å². The molecule has 0 aliphatic heterocycles. The van der Waals surface area contributed by atoms with Gasteiger partial charge in [-0.15, -0.1) is 0 Å². The molecule has 1 aromatic rings. The molecule has 1 N–H and O–H groups in total. The average Bonchev–Trinajstić information content (AvgIpc) is 2.26. The summed E-state index contributed by atoms with van der Waals surface area (Å²) in [5.41, 5.74) is 0.781. The van der Waals surface area contributed by atoms with Gasteiger partial charge in [0.15, 0.2) is 5.78 Å². The van der Waals surface area contributed by atoms with Crippen molar-refractivity contribution >= 4 is 11.5 Å². The minimum Gasteiger partial charge on any atom is -0.393 e. The first-order chi connectivity index (χ1) is 8.49. The van der Waals surface area contributed by atoms with Crippen molar-refractivity contribution < 1.29 is 14.3 Å². The van der Waals surface area contributed by atoms with Gasteiger partial charge >= 0.3 is 0 Å². The van der Waals surface area contributed by atoms with Crippen LogP contribution in [-0.2, 0) is 0 Å². The van der Waals surface area contributed by atoms with Gasteiger partial charge in [-0.05, 0) is 37.8 Å². The monoisotopic (exact) mass is 251 g/mol. The van der Waals surface area contributed by atoms with Crippen molar-refractivity contribution in [1.29, 1.82) is 0 Å². The number of Topliss-reactive ketones (excluding diaryl/α,β-unsaturated/α-hetero) is 1. The molecule has 1 aliphatic rings. The van der Waals surface area contributed by atoms with Gasteiger partial charge in [-0.3, -0.25) is 4.79 Å². The molecule has 4 heteroatoms. The Hall–Kier alpha value is -1.42. The number of hydrogen-bond donors (Lipinski definition) is 1. The molecular weight excluding hydrogens is 233 g/mol. The Morgan fingerprint density at radius 3 is 2.72 bits per heavy atom. The molecule has 0 heterocycles. The lowest BCUT2D eigenvalue weighted by Crippen LogP contribution is -2.37. The van der Waals surface area contributed by atoms with Crippen LogP contribution in [0.5, 0.6) is 0 Å². The Labute approximate surface area is 106 Å². The summed E-state index contributed by atoms with van der Waals surface area (Å²) in [5, 5.41) is 9.25. The summed E-state index contributed by atoms with van der Waals surface area (Å²) in [6, 6.07) is 4.57. The minimum atomic E-state index is -0.370. The van der Waals surface area contributed by atoms with Crippen LogP contribution in [0, 0.1) is 11.7 Å². The molecule has 0 spiro atoms. The molecule has 3 nitrogen and oxygen atoms in total. The van der Waals surface area contributed by atoms with Crippen molar-refractivity contribution in [2.75, 3.05) is 18.5 Å². The molecule has 0 aromatic heterocycles. The highest BCUT2D eigenvalue weighted by Gasteiger charge is 2.29. The predicted octanol–water partition coefficient (Wildman–Crippen LogP) is 2.24. The second-order valence-electron chi connectivity index (χ2n) is 5.06. The zero-order valence-electron chi connectivity index (χ0n) is 10.7. The second kappa shape index (κ2) is 5.06. The van der Waals surface area contributed by atoms with Gasteiger partial charge in [0.25, 0.3) is 0 Å². The van der Waals surface area contributed by atoms with Crippen LogP contribution in [0.4, 0.5) is 10.1 Å². The van der Waals surface area contributed by atoms with E-state index in [2.05, 4.69) is 0 Å². The molecule has 1 aliphatic carbocycles. The van der Waals surface area contributed by atoms with Crippen LogP contribution in [-0.4, -0.2) is 30.6 Å². The molecular formula is C14H18FNO2. The lowest BCUT2D eigenvalue weighted by Gasteiger charge is -2.35. The number of rotatable bonds is 4. The summed E-state index contributed by atoms with van der Waals surface area (Å²) in [5.74, 6) is -0.125. The summed E-state index contributed by atoms with van der Waals surface area (Å²) in [4.78, 5) is 13.3. The smallest absolute Gasteiger partial charge is 0.161 e. The molecule has 0 radical (unpaired) electrons. The van der Waals surface area contributed by atoms with Gasteiger partial charge in [0.1, 0.15) is 5.82 Å². The topological polar surface area (TPSA) is 40.5 Å². The van der Waals surface area contributed by atoms with E-state index < -0.39 is 0 Å². The molecule has 18 heavy (non-hydrogen) atoms. The van der Waals surface area contributed by atoms with E-state index in [1.165, 1.54) is 13.0 Å². The predicted molar refractivity (Wildman–Crippen MR) is 68.4 cm³/mol. The van der Waals surface area contributed by atoms with E-state index in [1.807, 2.05) is 0 Å². The molecule has 98 valence electrons. The minimum absolute atomic E-state index is 0.134. The molecule has 2 rings (SSSR count). The van der Waals surface area contributed by atoms with Crippen molar-refractivity contribution in [3.63, 3.8) is 0 Å². The van der Waals surface area contributed by atoms with E-state index >= 15 is 0 Å². The fourth-order valence-electron chi connectivity index (χ4n) is 2.52. The third-order valence-corrected chi connectivity index (χ3v) is 3.49. The van der Waals surface area contributed by atoms with Gasteiger partial charge in [0.05, 0.1) is 11.8 Å². The number of ketones is 1.